The first-order valence-electron chi connectivity index (χ1n) is 9.50. The van der Waals surface area contributed by atoms with Gasteiger partial charge in [-0.2, -0.15) is 0 Å². The summed E-state index contributed by atoms with van der Waals surface area (Å²) in [6, 6.07) is 22.5. The van der Waals surface area contributed by atoms with E-state index in [0.717, 1.165) is 10.8 Å². The van der Waals surface area contributed by atoms with Crippen molar-refractivity contribution >= 4 is 29.0 Å². The number of non-ortho nitro benzene ring substituents is 1. The van der Waals surface area contributed by atoms with Gasteiger partial charge >= 0.3 is 0 Å². The minimum atomic E-state index is -3.83. The Bertz CT molecular complexity index is 1150. The normalized spacial score (nSPS) is 13.0. The standard InChI is InChI=1S/C22H24N2O4SSi/c1-17-12-14-20(15-13-17)29(27,28)23-22(18-8-7-9-19(16-18)24(25)26)30(2,3)21-10-5-4-6-11-21/h4-16,22-23H,1-3H3/t22-/m0/s1. The summed E-state index contributed by atoms with van der Waals surface area (Å²) in [6.45, 7) is 6.01. The van der Waals surface area contributed by atoms with Gasteiger partial charge in [-0.15, -0.1) is 0 Å². The van der Waals surface area contributed by atoms with Crippen LogP contribution in [0.2, 0.25) is 13.1 Å². The van der Waals surface area contributed by atoms with Gasteiger partial charge in [0.1, 0.15) is 8.07 Å². The number of rotatable bonds is 7. The Hall–Kier alpha value is -2.81. The lowest BCUT2D eigenvalue weighted by atomic mass is 10.2. The maximum Gasteiger partial charge on any atom is 0.269 e. The fourth-order valence-electron chi connectivity index (χ4n) is 3.42. The second-order valence-corrected chi connectivity index (χ2v) is 14.1. The van der Waals surface area contributed by atoms with E-state index in [-0.39, 0.29) is 10.6 Å². The molecule has 8 heteroatoms. The molecule has 0 aromatic heterocycles. The van der Waals surface area contributed by atoms with Crippen molar-refractivity contribution in [2.24, 2.45) is 0 Å². The van der Waals surface area contributed by atoms with Crippen LogP contribution in [-0.4, -0.2) is 21.4 Å². The molecule has 0 radical (unpaired) electrons. The van der Waals surface area contributed by atoms with Crippen LogP contribution in [0, 0.1) is 17.0 Å². The summed E-state index contributed by atoms with van der Waals surface area (Å²) in [5.41, 5.74) is 0.888. The molecule has 0 unspecified atom stereocenters. The molecule has 1 atom stereocenters. The number of benzene rings is 3. The van der Waals surface area contributed by atoms with Crippen LogP contribution in [0.5, 0.6) is 0 Å². The van der Waals surface area contributed by atoms with E-state index in [0.29, 0.717) is 5.56 Å². The molecule has 0 saturated heterocycles. The smallest absolute Gasteiger partial charge is 0.258 e. The first kappa shape index (κ1) is 21.9. The summed E-state index contributed by atoms with van der Waals surface area (Å²) < 4.78 is 29.3. The molecule has 3 aromatic carbocycles. The molecule has 0 aliphatic rings. The fourth-order valence-corrected chi connectivity index (χ4v) is 8.54. The van der Waals surface area contributed by atoms with Gasteiger partial charge < -0.3 is 0 Å². The fraction of sp³-hybridized carbons (Fsp3) is 0.182. The molecular weight excluding hydrogens is 416 g/mol. The van der Waals surface area contributed by atoms with Crippen molar-refractivity contribution in [3.05, 3.63) is 100 Å². The van der Waals surface area contributed by atoms with Crippen LogP contribution in [0.25, 0.3) is 0 Å². The number of sulfonamides is 1. The molecule has 0 spiro atoms. The molecule has 0 aliphatic carbocycles. The van der Waals surface area contributed by atoms with Crippen LogP contribution < -0.4 is 9.91 Å². The van der Waals surface area contributed by atoms with Gasteiger partial charge in [0.25, 0.3) is 5.69 Å². The summed E-state index contributed by atoms with van der Waals surface area (Å²) in [4.78, 5) is 11.0. The largest absolute Gasteiger partial charge is 0.269 e. The van der Waals surface area contributed by atoms with Crippen molar-refractivity contribution in [3.63, 3.8) is 0 Å². The number of hydrogen-bond donors (Lipinski definition) is 1. The van der Waals surface area contributed by atoms with E-state index in [4.69, 9.17) is 0 Å². The maximum absolute atomic E-state index is 13.2. The summed E-state index contributed by atoms with van der Waals surface area (Å²) in [7, 11) is -6.31. The maximum atomic E-state index is 13.2. The molecule has 6 nitrogen and oxygen atoms in total. The van der Waals surface area contributed by atoms with Crippen LogP contribution in [-0.2, 0) is 10.0 Å². The Labute approximate surface area is 177 Å². The van der Waals surface area contributed by atoms with Gasteiger partial charge in [-0.3, -0.25) is 10.1 Å². The molecule has 3 rings (SSSR count). The van der Waals surface area contributed by atoms with E-state index in [1.165, 1.54) is 12.1 Å². The molecular formula is C22H24N2O4SSi. The lowest BCUT2D eigenvalue weighted by molar-refractivity contribution is -0.384. The number of aryl methyl sites for hydroxylation is 1. The van der Waals surface area contributed by atoms with Crippen molar-refractivity contribution in [2.45, 2.75) is 30.6 Å². The lowest BCUT2D eigenvalue weighted by Gasteiger charge is -2.34. The second-order valence-electron chi connectivity index (χ2n) is 7.81. The van der Waals surface area contributed by atoms with E-state index in [2.05, 4.69) is 17.8 Å². The van der Waals surface area contributed by atoms with Gasteiger partial charge in [-0.25, -0.2) is 13.1 Å². The van der Waals surface area contributed by atoms with Crippen LogP contribution in [0.3, 0.4) is 0 Å². The Morgan fingerprint density at radius 3 is 2.17 bits per heavy atom. The van der Waals surface area contributed by atoms with Crippen LogP contribution in [0.4, 0.5) is 5.69 Å². The summed E-state index contributed by atoms with van der Waals surface area (Å²) >= 11 is 0. The van der Waals surface area contributed by atoms with E-state index in [1.54, 1.807) is 36.4 Å². The zero-order chi connectivity index (χ0) is 21.9. The van der Waals surface area contributed by atoms with E-state index in [1.807, 2.05) is 37.3 Å². The second kappa shape index (κ2) is 8.51. The highest BCUT2D eigenvalue weighted by Crippen LogP contribution is 2.29. The number of nitro benzene ring substituents is 1. The van der Waals surface area contributed by atoms with Crippen molar-refractivity contribution in [3.8, 4) is 0 Å². The average molecular weight is 441 g/mol. The van der Waals surface area contributed by atoms with E-state index < -0.39 is 28.7 Å². The molecule has 0 fully saturated rings. The molecule has 30 heavy (non-hydrogen) atoms. The van der Waals surface area contributed by atoms with Crippen molar-refractivity contribution < 1.29 is 13.3 Å². The van der Waals surface area contributed by atoms with Gasteiger partial charge in [0.15, 0.2) is 0 Å². The molecule has 156 valence electrons. The third-order valence-corrected chi connectivity index (χ3v) is 10.6. The number of nitrogens with one attached hydrogen (secondary N) is 1. The highest BCUT2D eigenvalue weighted by atomic mass is 32.2. The first-order chi connectivity index (χ1) is 14.1. The molecule has 3 aromatic rings. The predicted molar refractivity (Wildman–Crippen MR) is 121 cm³/mol. The minimum Gasteiger partial charge on any atom is -0.258 e. The van der Waals surface area contributed by atoms with Crippen molar-refractivity contribution in [1.29, 1.82) is 0 Å². The van der Waals surface area contributed by atoms with E-state index >= 15 is 0 Å². The van der Waals surface area contributed by atoms with Gasteiger partial charge in [-0.1, -0.05) is 78.4 Å². The highest BCUT2D eigenvalue weighted by molar-refractivity contribution is 7.89. The van der Waals surface area contributed by atoms with Gasteiger partial charge in [-0.05, 0) is 24.6 Å². The minimum absolute atomic E-state index is 0.0649. The third kappa shape index (κ3) is 4.67. The van der Waals surface area contributed by atoms with Gasteiger partial charge in [0, 0.05) is 17.8 Å². The van der Waals surface area contributed by atoms with Crippen molar-refractivity contribution in [1.82, 2.24) is 4.72 Å². The zero-order valence-electron chi connectivity index (χ0n) is 17.1. The molecule has 0 saturated carbocycles. The number of hydrogen-bond acceptors (Lipinski definition) is 4. The first-order valence-corrected chi connectivity index (χ1v) is 14.1. The Morgan fingerprint density at radius 2 is 1.57 bits per heavy atom. The van der Waals surface area contributed by atoms with Gasteiger partial charge in [0.05, 0.1) is 9.82 Å². The van der Waals surface area contributed by atoms with Crippen LogP contribution in [0.15, 0.2) is 83.8 Å². The monoisotopic (exact) mass is 440 g/mol. The zero-order valence-corrected chi connectivity index (χ0v) is 18.9. The summed E-state index contributed by atoms with van der Waals surface area (Å²) in [5, 5.41) is 12.4. The summed E-state index contributed by atoms with van der Waals surface area (Å²) in [5.74, 6) is 0. The highest BCUT2D eigenvalue weighted by Gasteiger charge is 2.38. The van der Waals surface area contributed by atoms with E-state index in [9.17, 15) is 18.5 Å². The van der Waals surface area contributed by atoms with Gasteiger partial charge in [0.2, 0.25) is 10.0 Å². The average Bonchev–Trinajstić information content (AvgIpc) is 2.73. The molecule has 1 N–H and O–H groups in total. The van der Waals surface area contributed by atoms with Crippen LogP contribution >= 0.6 is 0 Å². The predicted octanol–water partition coefficient (Wildman–Crippen LogP) is 4.08. The Balaban J connectivity index is 2.11. The number of nitrogens with zero attached hydrogens (tertiary/aromatic N) is 1. The van der Waals surface area contributed by atoms with Crippen molar-refractivity contribution in [2.75, 3.05) is 0 Å². The Kier molecular flexibility index (Phi) is 6.21. The Morgan fingerprint density at radius 1 is 0.933 bits per heavy atom. The lowest BCUT2D eigenvalue weighted by Crippen LogP contribution is -2.54. The quantitative estimate of drug-likeness (QED) is 0.341. The number of nitro groups is 1. The molecule has 0 bridgehead atoms. The third-order valence-electron chi connectivity index (χ3n) is 5.26. The molecule has 0 aliphatic heterocycles. The molecule has 0 heterocycles. The summed E-state index contributed by atoms with van der Waals surface area (Å²) in [6.07, 6.45) is 0. The SMILES string of the molecule is Cc1ccc(S(=O)(=O)N[C@H](c2cccc([N+](=O)[O-])c2)[Si](C)(C)c2ccccc2)cc1. The topological polar surface area (TPSA) is 89.3 Å². The van der Waals surface area contributed by atoms with Crippen LogP contribution in [0.1, 0.15) is 16.8 Å². The molecule has 0 amide bonds.